The molecule has 0 unspecified atom stereocenters. The highest BCUT2D eigenvalue weighted by atomic mass is 35.5. The number of amides is 2. The Labute approximate surface area is 190 Å². The summed E-state index contributed by atoms with van der Waals surface area (Å²) in [4.78, 5) is 31.0. The summed E-state index contributed by atoms with van der Waals surface area (Å²) < 4.78 is 0. The van der Waals surface area contributed by atoms with E-state index in [0.29, 0.717) is 48.1 Å². The van der Waals surface area contributed by atoms with Crippen molar-refractivity contribution in [1.29, 1.82) is 0 Å². The number of halogens is 2. The lowest BCUT2D eigenvalue weighted by atomic mass is 10.0. The van der Waals surface area contributed by atoms with Gasteiger partial charge in [0.25, 0.3) is 5.91 Å². The van der Waals surface area contributed by atoms with Gasteiger partial charge in [0.1, 0.15) is 11.7 Å². The van der Waals surface area contributed by atoms with E-state index >= 15 is 0 Å². The number of carbonyl (C=O) groups is 2. The molecule has 6 nitrogen and oxygen atoms in total. The Hall–Kier alpha value is -2.54. The molecule has 1 fully saturated rings. The minimum Gasteiger partial charge on any atom is -0.393 e. The second-order valence-corrected chi connectivity index (χ2v) is 8.70. The second kappa shape index (κ2) is 9.30. The first-order chi connectivity index (χ1) is 14.9. The van der Waals surface area contributed by atoms with E-state index in [1.165, 1.54) is 0 Å². The molecule has 1 aliphatic heterocycles. The Morgan fingerprint density at radius 1 is 1.06 bits per heavy atom. The summed E-state index contributed by atoms with van der Waals surface area (Å²) in [5, 5.41) is 14.7. The molecular formula is C23H23Cl2N3O3. The minimum atomic E-state index is -0.737. The van der Waals surface area contributed by atoms with Gasteiger partial charge in [0.2, 0.25) is 5.91 Å². The third-order valence-electron chi connectivity index (χ3n) is 5.56. The van der Waals surface area contributed by atoms with E-state index in [-0.39, 0.29) is 17.9 Å². The fraction of sp³-hybridized carbons (Fsp3) is 0.304. The summed E-state index contributed by atoms with van der Waals surface area (Å²) in [6.07, 6.45) is 1.03. The predicted molar refractivity (Wildman–Crippen MR) is 122 cm³/mol. The van der Waals surface area contributed by atoms with Crippen LogP contribution in [0.2, 0.25) is 10.0 Å². The largest absolute Gasteiger partial charge is 0.393 e. The fourth-order valence-electron chi connectivity index (χ4n) is 3.82. The van der Waals surface area contributed by atoms with Crippen LogP contribution in [0.25, 0.3) is 10.9 Å². The molecule has 4 rings (SSSR count). The van der Waals surface area contributed by atoms with Crippen LogP contribution < -0.4 is 5.32 Å². The molecule has 1 saturated heterocycles. The summed E-state index contributed by atoms with van der Waals surface area (Å²) in [6, 6.07) is 13.5. The highest BCUT2D eigenvalue weighted by molar-refractivity contribution is 6.31. The number of aromatic nitrogens is 1. The molecule has 2 amide bonds. The van der Waals surface area contributed by atoms with Crippen molar-refractivity contribution < 1.29 is 14.7 Å². The number of rotatable bonds is 5. The molecule has 0 radical (unpaired) electrons. The van der Waals surface area contributed by atoms with Gasteiger partial charge in [-0.1, -0.05) is 35.3 Å². The zero-order valence-electron chi connectivity index (χ0n) is 16.8. The van der Waals surface area contributed by atoms with Crippen molar-refractivity contribution in [2.45, 2.75) is 31.4 Å². The fourth-order valence-corrected chi connectivity index (χ4v) is 4.13. The third-order valence-corrected chi connectivity index (χ3v) is 6.05. The molecule has 2 heterocycles. The van der Waals surface area contributed by atoms with Crippen LogP contribution in [0.3, 0.4) is 0 Å². The predicted octanol–water partition coefficient (Wildman–Crippen LogP) is 3.80. The molecule has 1 aliphatic rings. The van der Waals surface area contributed by atoms with Gasteiger partial charge in [-0.3, -0.25) is 9.59 Å². The van der Waals surface area contributed by atoms with Gasteiger partial charge >= 0.3 is 0 Å². The first kappa shape index (κ1) is 21.7. The van der Waals surface area contributed by atoms with Crippen molar-refractivity contribution in [3.63, 3.8) is 0 Å². The van der Waals surface area contributed by atoms with E-state index in [1.54, 1.807) is 35.2 Å². The lowest BCUT2D eigenvalue weighted by Gasteiger charge is -2.32. The maximum Gasteiger partial charge on any atom is 0.268 e. The molecule has 1 aromatic heterocycles. The number of nitrogens with zero attached hydrogens (tertiary/aromatic N) is 1. The van der Waals surface area contributed by atoms with Gasteiger partial charge in [0, 0.05) is 40.5 Å². The molecule has 8 heteroatoms. The van der Waals surface area contributed by atoms with E-state index in [9.17, 15) is 14.7 Å². The first-order valence-electron chi connectivity index (χ1n) is 10.2. The standard InChI is InChI=1S/C23H23Cl2N3O3/c24-16-3-1-14(2-4-16)11-21(23(31)28-9-7-18(29)8-10-28)27-22(30)20-13-15-12-17(25)5-6-19(15)26-20/h1-6,12-13,18,21,26,29H,7-11H2,(H,27,30)/t21-/m0/s1. The van der Waals surface area contributed by atoms with Crippen LogP contribution in [-0.2, 0) is 11.2 Å². The number of carbonyl (C=O) groups excluding carboxylic acids is 2. The molecule has 3 aromatic rings. The zero-order valence-corrected chi connectivity index (χ0v) is 18.3. The number of benzene rings is 2. The Morgan fingerprint density at radius 3 is 2.45 bits per heavy atom. The number of aliphatic hydroxyl groups is 1. The molecule has 2 aromatic carbocycles. The number of aromatic amines is 1. The molecule has 0 spiro atoms. The minimum absolute atomic E-state index is 0.158. The number of aliphatic hydroxyl groups excluding tert-OH is 1. The van der Waals surface area contributed by atoms with Crippen LogP contribution in [0.4, 0.5) is 0 Å². The van der Waals surface area contributed by atoms with Crippen LogP contribution in [0.15, 0.2) is 48.5 Å². The van der Waals surface area contributed by atoms with E-state index in [0.717, 1.165) is 16.5 Å². The Balaban J connectivity index is 1.55. The number of H-pyrrole nitrogens is 1. The van der Waals surface area contributed by atoms with Crippen molar-refractivity contribution in [3.8, 4) is 0 Å². The first-order valence-corrected chi connectivity index (χ1v) is 10.9. The van der Waals surface area contributed by atoms with Gasteiger partial charge < -0.3 is 20.3 Å². The Kier molecular flexibility index (Phi) is 6.51. The van der Waals surface area contributed by atoms with Crippen LogP contribution in [0.1, 0.15) is 28.9 Å². The van der Waals surface area contributed by atoms with Gasteiger partial charge in [-0.05, 0) is 54.8 Å². The number of fused-ring (bicyclic) bond motifs is 1. The summed E-state index contributed by atoms with van der Waals surface area (Å²) in [5.74, 6) is -0.522. The second-order valence-electron chi connectivity index (χ2n) is 7.83. The van der Waals surface area contributed by atoms with Gasteiger partial charge in [0.05, 0.1) is 6.10 Å². The molecule has 162 valence electrons. The Morgan fingerprint density at radius 2 is 1.74 bits per heavy atom. The van der Waals surface area contributed by atoms with E-state index in [4.69, 9.17) is 23.2 Å². The maximum absolute atomic E-state index is 13.2. The van der Waals surface area contributed by atoms with Crippen LogP contribution in [0.5, 0.6) is 0 Å². The monoisotopic (exact) mass is 459 g/mol. The molecule has 31 heavy (non-hydrogen) atoms. The lowest BCUT2D eigenvalue weighted by Crippen LogP contribution is -2.52. The van der Waals surface area contributed by atoms with Crippen molar-refractivity contribution >= 4 is 45.9 Å². The molecule has 0 saturated carbocycles. The quantitative estimate of drug-likeness (QED) is 0.542. The molecule has 0 bridgehead atoms. The van der Waals surface area contributed by atoms with Crippen LogP contribution >= 0.6 is 23.2 Å². The molecule has 0 aliphatic carbocycles. The van der Waals surface area contributed by atoms with Crippen molar-refractivity contribution in [3.05, 3.63) is 69.8 Å². The van der Waals surface area contributed by atoms with Crippen molar-refractivity contribution in [1.82, 2.24) is 15.2 Å². The van der Waals surface area contributed by atoms with Gasteiger partial charge in [0.15, 0.2) is 0 Å². The van der Waals surface area contributed by atoms with Crippen LogP contribution in [0, 0.1) is 0 Å². The Bertz CT molecular complexity index is 1090. The van der Waals surface area contributed by atoms with Crippen molar-refractivity contribution in [2.75, 3.05) is 13.1 Å². The van der Waals surface area contributed by atoms with Crippen molar-refractivity contribution in [2.24, 2.45) is 0 Å². The normalized spacial score (nSPS) is 15.8. The van der Waals surface area contributed by atoms with Gasteiger partial charge in [-0.2, -0.15) is 0 Å². The van der Waals surface area contributed by atoms with Gasteiger partial charge in [-0.15, -0.1) is 0 Å². The lowest BCUT2D eigenvalue weighted by molar-refractivity contribution is -0.135. The number of hydrogen-bond donors (Lipinski definition) is 3. The average Bonchev–Trinajstić information content (AvgIpc) is 3.18. The van der Waals surface area contributed by atoms with Gasteiger partial charge in [-0.25, -0.2) is 0 Å². The van der Waals surface area contributed by atoms with E-state index in [2.05, 4.69) is 10.3 Å². The SMILES string of the molecule is O=C(N[C@@H](Cc1ccc(Cl)cc1)C(=O)N1CCC(O)CC1)c1cc2cc(Cl)ccc2[nH]1. The number of hydrogen-bond acceptors (Lipinski definition) is 3. The topological polar surface area (TPSA) is 85.4 Å². The number of likely N-dealkylation sites (tertiary alicyclic amines) is 1. The number of nitrogens with one attached hydrogen (secondary N) is 2. The molecule has 1 atom stereocenters. The number of piperidine rings is 1. The van der Waals surface area contributed by atoms with E-state index < -0.39 is 6.04 Å². The highest BCUT2D eigenvalue weighted by Crippen LogP contribution is 2.21. The highest BCUT2D eigenvalue weighted by Gasteiger charge is 2.29. The molecule has 3 N–H and O–H groups in total. The summed E-state index contributed by atoms with van der Waals surface area (Å²) in [7, 11) is 0. The average molecular weight is 460 g/mol. The summed E-state index contributed by atoms with van der Waals surface area (Å²) in [5.41, 5.74) is 2.05. The summed E-state index contributed by atoms with van der Waals surface area (Å²) >= 11 is 12.0. The smallest absolute Gasteiger partial charge is 0.268 e. The maximum atomic E-state index is 13.2. The van der Waals surface area contributed by atoms with Crippen LogP contribution in [-0.4, -0.2) is 52.0 Å². The van der Waals surface area contributed by atoms with E-state index in [1.807, 2.05) is 18.2 Å². The summed E-state index contributed by atoms with van der Waals surface area (Å²) in [6.45, 7) is 0.940. The molecular weight excluding hydrogens is 437 g/mol. The zero-order chi connectivity index (χ0) is 22.0. The third kappa shape index (κ3) is 5.21.